The van der Waals surface area contributed by atoms with E-state index in [0.29, 0.717) is 79.0 Å². The SMILES string of the molecule is CC(C)(c1ccc(OCc2ccnc(NS(C)(=O)=O)n2)cc1)c1cc(Cl)c(OCCCOCCc2ccc3c(c2)CN(C2CCC(=O)NC2=O)C3=O)c(C#N)c1. The number of hydrogen-bond donors (Lipinski definition) is 2. The van der Waals surface area contributed by atoms with Crippen LogP contribution in [-0.4, -0.2) is 73.1 Å². The van der Waals surface area contributed by atoms with Crippen LogP contribution in [0.25, 0.3) is 0 Å². The third kappa shape index (κ3) is 9.62. The largest absolute Gasteiger partial charge is 0.491 e. The predicted molar refractivity (Wildman–Crippen MR) is 207 cm³/mol. The standard InChI is InChI=1S/C40H41ClN6O8S/c1-40(2,28-6-8-31(9-7-28)55-24-30-13-15-43-39(44-30)46-56(3,51)52)29-20-26(22-42)36(33(41)21-29)54-17-4-16-53-18-14-25-5-10-32-27(19-25)23-47(38(32)50)34-11-12-35(48)45-37(34)49/h5-10,13,15,19-21,34H,4,11-12,14,16-18,23-24H2,1-3H3,(H,43,44,46)(H,45,48,49). The zero-order chi connectivity index (χ0) is 40.0. The van der Waals surface area contributed by atoms with Crippen LogP contribution in [-0.2, 0) is 49.3 Å². The number of amides is 3. The molecule has 3 aromatic carbocycles. The Labute approximate surface area is 330 Å². The minimum atomic E-state index is -3.51. The number of piperidine rings is 1. The number of hydrogen-bond acceptors (Lipinski definition) is 11. The third-order valence-corrected chi connectivity index (χ3v) is 10.5. The fraction of sp³-hybridized carbons (Fsp3) is 0.350. The zero-order valence-electron chi connectivity index (χ0n) is 31.1. The van der Waals surface area contributed by atoms with E-state index >= 15 is 0 Å². The molecule has 3 heterocycles. The van der Waals surface area contributed by atoms with Gasteiger partial charge in [0.2, 0.25) is 27.8 Å². The van der Waals surface area contributed by atoms with E-state index in [1.165, 1.54) is 11.1 Å². The van der Waals surface area contributed by atoms with Gasteiger partial charge in [0.15, 0.2) is 5.75 Å². The van der Waals surface area contributed by atoms with E-state index in [-0.39, 0.29) is 30.8 Å². The van der Waals surface area contributed by atoms with Gasteiger partial charge in [0.05, 0.1) is 35.7 Å². The molecule has 2 N–H and O–H groups in total. The molecular weight excluding hydrogens is 760 g/mol. The minimum Gasteiger partial charge on any atom is -0.491 e. The van der Waals surface area contributed by atoms with Crippen molar-refractivity contribution in [2.75, 3.05) is 30.8 Å². The van der Waals surface area contributed by atoms with E-state index in [4.69, 9.17) is 25.8 Å². The number of aromatic nitrogens is 2. The van der Waals surface area contributed by atoms with Gasteiger partial charge < -0.3 is 19.1 Å². The molecule has 1 atom stereocenters. The summed E-state index contributed by atoms with van der Waals surface area (Å²) in [6, 6.07) is 20.0. The second kappa shape index (κ2) is 17.1. The molecule has 1 saturated heterocycles. The topological polar surface area (TPSA) is 190 Å². The number of nitrogens with one attached hydrogen (secondary N) is 2. The third-order valence-electron chi connectivity index (χ3n) is 9.64. The van der Waals surface area contributed by atoms with Gasteiger partial charge in [-0.15, -0.1) is 0 Å². The summed E-state index contributed by atoms with van der Waals surface area (Å²) >= 11 is 6.69. The number of rotatable bonds is 16. The quantitative estimate of drug-likeness (QED) is 0.114. The number of benzene rings is 3. The molecule has 3 amide bonds. The Morgan fingerprint density at radius 3 is 2.54 bits per heavy atom. The van der Waals surface area contributed by atoms with Gasteiger partial charge in [-0.05, 0) is 71.5 Å². The van der Waals surface area contributed by atoms with E-state index in [0.717, 1.165) is 28.5 Å². The maximum atomic E-state index is 13.0. The van der Waals surface area contributed by atoms with Gasteiger partial charge in [-0.3, -0.25) is 24.4 Å². The van der Waals surface area contributed by atoms with Gasteiger partial charge >= 0.3 is 0 Å². The Morgan fingerprint density at radius 1 is 1.02 bits per heavy atom. The van der Waals surface area contributed by atoms with Crippen LogP contribution >= 0.6 is 11.6 Å². The van der Waals surface area contributed by atoms with Crippen molar-refractivity contribution in [1.82, 2.24) is 20.2 Å². The second-order valence-electron chi connectivity index (χ2n) is 14.1. The first-order valence-electron chi connectivity index (χ1n) is 18.0. The molecule has 0 spiro atoms. The average molecular weight is 801 g/mol. The van der Waals surface area contributed by atoms with Crippen molar-refractivity contribution in [2.45, 2.75) is 64.1 Å². The number of nitriles is 1. The van der Waals surface area contributed by atoms with Crippen LogP contribution in [0, 0.1) is 11.3 Å². The highest BCUT2D eigenvalue weighted by atomic mass is 35.5. The molecule has 4 aromatic rings. The Kier molecular flexibility index (Phi) is 12.2. The molecule has 0 radical (unpaired) electrons. The van der Waals surface area contributed by atoms with Crippen LogP contribution in [0.5, 0.6) is 11.5 Å². The molecule has 1 unspecified atom stereocenters. The van der Waals surface area contributed by atoms with E-state index in [1.807, 2.05) is 56.3 Å². The smallest absolute Gasteiger partial charge is 0.255 e. The lowest BCUT2D eigenvalue weighted by atomic mass is 9.77. The van der Waals surface area contributed by atoms with Crippen LogP contribution in [0.2, 0.25) is 5.02 Å². The number of ether oxygens (including phenoxy) is 3. The second-order valence-corrected chi connectivity index (χ2v) is 16.2. The molecule has 1 fully saturated rings. The highest BCUT2D eigenvalue weighted by Gasteiger charge is 2.39. The van der Waals surface area contributed by atoms with Crippen LogP contribution in [0.3, 0.4) is 0 Å². The summed E-state index contributed by atoms with van der Waals surface area (Å²) in [6.07, 6.45) is 4.21. The number of carbonyl (C=O) groups excluding carboxylic acids is 3. The van der Waals surface area contributed by atoms with Crippen molar-refractivity contribution in [3.8, 4) is 17.6 Å². The monoisotopic (exact) mass is 800 g/mol. The molecule has 16 heteroatoms. The fourth-order valence-electron chi connectivity index (χ4n) is 6.58. The van der Waals surface area contributed by atoms with Gasteiger partial charge in [0.1, 0.15) is 24.5 Å². The van der Waals surface area contributed by atoms with E-state index in [2.05, 4.69) is 26.1 Å². The Balaban J connectivity index is 0.963. The minimum absolute atomic E-state index is 0.0313. The Hall–Kier alpha value is -5.56. The summed E-state index contributed by atoms with van der Waals surface area (Å²) in [5.41, 5.74) is 4.52. The van der Waals surface area contributed by atoms with Crippen molar-refractivity contribution in [2.24, 2.45) is 0 Å². The predicted octanol–water partition coefficient (Wildman–Crippen LogP) is 5.07. The molecule has 0 aliphatic carbocycles. The lowest BCUT2D eigenvalue weighted by molar-refractivity contribution is -0.136. The molecule has 14 nitrogen and oxygen atoms in total. The summed E-state index contributed by atoms with van der Waals surface area (Å²) in [5.74, 6) is -0.0722. The molecule has 292 valence electrons. The molecule has 1 aromatic heterocycles. The van der Waals surface area contributed by atoms with Gasteiger partial charge in [-0.1, -0.05) is 49.7 Å². The Bertz CT molecular complexity index is 2290. The first kappa shape index (κ1) is 40.1. The maximum Gasteiger partial charge on any atom is 0.255 e. The summed E-state index contributed by atoms with van der Waals surface area (Å²) < 4.78 is 42.9. The number of fused-ring (bicyclic) bond motifs is 1. The van der Waals surface area contributed by atoms with Gasteiger partial charge in [0.25, 0.3) is 5.91 Å². The van der Waals surface area contributed by atoms with Crippen molar-refractivity contribution >= 4 is 45.3 Å². The molecule has 2 aliphatic heterocycles. The van der Waals surface area contributed by atoms with Crippen molar-refractivity contribution in [1.29, 1.82) is 5.26 Å². The number of imide groups is 1. The summed E-state index contributed by atoms with van der Waals surface area (Å²) in [5, 5.41) is 12.6. The van der Waals surface area contributed by atoms with E-state index in [1.54, 1.807) is 18.2 Å². The van der Waals surface area contributed by atoms with E-state index < -0.39 is 27.4 Å². The highest BCUT2D eigenvalue weighted by molar-refractivity contribution is 7.92. The van der Waals surface area contributed by atoms with Gasteiger partial charge in [-0.2, -0.15) is 5.26 Å². The van der Waals surface area contributed by atoms with Crippen molar-refractivity contribution < 1.29 is 37.0 Å². The maximum absolute atomic E-state index is 13.0. The number of carbonyl (C=O) groups is 3. The van der Waals surface area contributed by atoms with Crippen LogP contribution in [0.4, 0.5) is 5.95 Å². The van der Waals surface area contributed by atoms with Crippen LogP contribution in [0.15, 0.2) is 66.9 Å². The highest BCUT2D eigenvalue weighted by Crippen LogP contribution is 2.39. The Morgan fingerprint density at radius 2 is 1.80 bits per heavy atom. The normalized spacial score (nSPS) is 15.6. The lowest BCUT2D eigenvalue weighted by Gasteiger charge is -2.29. The summed E-state index contributed by atoms with van der Waals surface area (Å²) in [4.78, 5) is 46.4. The van der Waals surface area contributed by atoms with E-state index in [9.17, 15) is 28.1 Å². The summed E-state index contributed by atoms with van der Waals surface area (Å²) in [6.45, 7) is 5.67. The summed E-state index contributed by atoms with van der Waals surface area (Å²) in [7, 11) is -3.51. The fourth-order valence-corrected chi connectivity index (χ4v) is 7.28. The van der Waals surface area contributed by atoms with Crippen LogP contribution in [0.1, 0.15) is 77.0 Å². The molecule has 0 saturated carbocycles. The lowest BCUT2D eigenvalue weighted by Crippen LogP contribution is -2.52. The van der Waals surface area contributed by atoms with Crippen molar-refractivity contribution in [3.63, 3.8) is 0 Å². The molecule has 0 bridgehead atoms. The first-order chi connectivity index (χ1) is 26.7. The number of halogens is 1. The molecule has 56 heavy (non-hydrogen) atoms. The number of sulfonamides is 1. The van der Waals surface area contributed by atoms with Gasteiger partial charge in [-0.25, -0.2) is 18.4 Å². The van der Waals surface area contributed by atoms with Crippen LogP contribution < -0.4 is 19.5 Å². The molecule has 6 rings (SSSR count). The first-order valence-corrected chi connectivity index (χ1v) is 20.2. The molecule has 2 aliphatic rings. The number of nitrogens with zero attached hydrogens (tertiary/aromatic N) is 4. The van der Waals surface area contributed by atoms with Crippen molar-refractivity contribution in [3.05, 3.63) is 111 Å². The average Bonchev–Trinajstić information content (AvgIpc) is 3.48. The molecular formula is C40H41ClN6O8S. The van der Waals surface area contributed by atoms with Gasteiger partial charge in [0, 0.05) is 43.2 Å². The number of anilines is 1. The zero-order valence-corrected chi connectivity index (χ0v) is 32.7.